The van der Waals surface area contributed by atoms with Crippen LogP contribution in [0.3, 0.4) is 0 Å². The second-order valence-electron chi connectivity index (χ2n) is 18.7. The van der Waals surface area contributed by atoms with Crippen LogP contribution in [0.1, 0.15) is 41.6 Å². The molecule has 0 aliphatic heterocycles. The molecule has 0 atom stereocenters. The summed E-state index contributed by atoms with van der Waals surface area (Å²) in [5, 5.41) is 2.25. The summed E-state index contributed by atoms with van der Waals surface area (Å²) in [6.07, 6.45) is 8.18. The third-order valence-corrected chi connectivity index (χ3v) is 13.9. The molecule has 0 unspecified atom stereocenters. The van der Waals surface area contributed by atoms with Gasteiger partial charge < -0.3 is 4.42 Å². The molecule has 0 saturated heterocycles. The Morgan fingerprint density at radius 3 is 1.51 bits per heavy atom. The van der Waals surface area contributed by atoms with E-state index in [9.17, 15) is 0 Å². The molecular formula is C69H53N3O. The Hall–Kier alpha value is -8.99. The number of furan rings is 1. The number of aryl methyl sites for hydroxylation is 6. The predicted octanol–water partition coefficient (Wildman–Crippen LogP) is 17.6. The Balaban J connectivity index is 0.790. The second kappa shape index (κ2) is 20.0. The molecule has 12 aromatic rings. The average Bonchev–Trinajstić information content (AvgIpc) is 4.01. The smallest absolute Gasteiger partial charge is 0.136 e. The zero-order chi connectivity index (χ0) is 54.1. The van der Waals surface area contributed by atoms with Crippen LogP contribution in [0.25, 0.3) is 100 Å². The van der Waals surface area contributed by atoms with E-state index in [1.54, 1.807) is 30.5 Å². The van der Waals surface area contributed by atoms with Gasteiger partial charge in [-0.25, -0.2) is 0 Å². The summed E-state index contributed by atoms with van der Waals surface area (Å²) in [6.45, 7) is -4.39. The van der Waals surface area contributed by atoms with Gasteiger partial charge >= 0.3 is 0 Å². The molecule has 0 radical (unpaired) electrons. The summed E-state index contributed by atoms with van der Waals surface area (Å²) in [4.78, 5) is 13.7. The molecule has 0 bridgehead atoms. The second-order valence-corrected chi connectivity index (χ2v) is 18.7. The van der Waals surface area contributed by atoms with Crippen molar-refractivity contribution in [2.75, 3.05) is 0 Å². The van der Waals surface area contributed by atoms with Gasteiger partial charge in [-0.15, -0.1) is 0 Å². The van der Waals surface area contributed by atoms with Crippen LogP contribution in [-0.4, -0.2) is 15.0 Å². The summed E-state index contributed by atoms with van der Waals surface area (Å²) in [6, 6.07) is 75.1. The number of para-hydroxylation sites is 1. The van der Waals surface area contributed by atoms with Crippen molar-refractivity contribution in [3.8, 4) is 78.3 Å². The summed E-state index contributed by atoms with van der Waals surface area (Å²) < 4.78 is 52.9. The fourth-order valence-electron chi connectivity index (χ4n) is 9.96. The van der Waals surface area contributed by atoms with Crippen LogP contribution in [-0.2, 0) is 25.7 Å². The Bertz CT molecular complexity index is 4130. The zero-order valence-corrected chi connectivity index (χ0v) is 40.1. The monoisotopic (exact) mass is 945 g/mol. The summed E-state index contributed by atoms with van der Waals surface area (Å²) in [5.74, 6) is 0. The highest BCUT2D eigenvalue weighted by Gasteiger charge is 2.14. The number of hydrogen-bond acceptors (Lipinski definition) is 4. The molecule has 4 heteroatoms. The quantitative estimate of drug-likeness (QED) is 0.116. The van der Waals surface area contributed by atoms with Gasteiger partial charge in [-0.2, -0.15) is 0 Å². The normalized spacial score (nSPS) is 12.9. The molecule has 4 nitrogen and oxygen atoms in total. The van der Waals surface area contributed by atoms with Crippen LogP contribution >= 0.6 is 0 Å². The van der Waals surface area contributed by atoms with Gasteiger partial charge in [-0.05, 0) is 166 Å². The molecule has 0 aliphatic rings. The SMILES string of the molecule is [2H]C([2H])([2H])c1ccc(-c2ccc(CCc3cc(CCc4ccc(-c5cc(C([2H])([2H])[2H])ccn5)cc4)cc(-c4ccccc4-c4ccc(-c5cc(-c6ccc(-c7ccc8c(c7)oc7ccccc78)cc6)ccn5)cc4)c3)cc2)nc1. The maximum absolute atomic E-state index is 7.87. The van der Waals surface area contributed by atoms with Gasteiger partial charge in [0, 0.05) is 54.3 Å². The molecule has 12 rings (SSSR count). The molecule has 0 aliphatic carbocycles. The van der Waals surface area contributed by atoms with Gasteiger partial charge in [0.15, 0.2) is 0 Å². The molecule has 0 amide bonds. The van der Waals surface area contributed by atoms with Crippen molar-refractivity contribution >= 4 is 21.9 Å². The summed E-state index contributed by atoms with van der Waals surface area (Å²) in [7, 11) is 0. The molecule has 73 heavy (non-hydrogen) atoms. The summed E-state index contributed by atoms with van der Waals surface area (Å²) in [5.41, 5.74) is 21.2. The molecular weight excluding hydrogens is 887 g/mol. The molecule has 8 aromatic carbocycles. The van der Waals surface area contributed by atoms with E-state index in [0.29, 0.717) is 5.69 Å². The lowest BCUT2D eigenvalue weighted by Gasteiger charge is -2.15. The van der Waals surface area contributed by atoms with Crippen LogP contribution in [0.5, 0.6) is 0 Å². The minimum atomic E-state index is -2.20. The van der Waals surface area contributed by atoms with Crippen molar-refractivity contribution in [1.82, 2.24) is 15.0 Å². The third-order valence-electron chi connectivity index (χ3n) is 13.9. The first kappa shape index (κ1) is 38.7. The highest BCUT2D eigenvalue weighted by molar-refractivity contribution is 6.06. The first-order valence-electron chi connectivity index (χ1n) is 27.8. The van der Waals surface area contributed by atoms with Crippen LogP contribution < -0.4 is 0 Å². The standard InChI is InChI=1S/C69H53N3O/c1-46-35-37-70-66(39-46)56-22-18-49(19-23-56)13-15-51-40-50(14-12-48-16-20-55(21-17-48)65-34-11-47(2)45-72-65)41-60(42-51)62-8-4-3-7-61(62)54-28-30-57(31-29-54)67-43-59(36-38-71-67)53-26-24-52(25-27-53)58-32-33-64-63-9-5-6-10-68(63)73-69(64)44-58/h3-11,16-45H,12-15H2,1-2H3/i1D3,2D3. The predicted molar refractivity (Wildman–Crippen MR) is 302 cm³/mol. The van der Waals surface area contributed by atoms with Crippen molar-refractivity contribution in [2.45, 2.75) is 39.4 Å². The van der Waals surface area contributed by atoms with E-state index < -0.39 is 13.7 Å². The molecule has 4 heterocycles. The highest BCUT2D eigenvalue weighted by atomic mass is 16.3. The largest absolute Gasteiger partial charge is 0.456 e. The molecule has 0 fully saturated rings. The molecule has 0 saturated carbocycles. The minimum absolute atomic E-state index is 0.227. The van der Waals surface area contributed by atoms with Crippen molar-refractivity contribution in [3.05, 3.63) is 270 Å². The number of aromatic nitrogens is 3. The third kappa shape index (κ3) is 9.89. The highest BCUT2D eigenvalue weighted by Crippen LogP contribution is 2.37. The van der Waals surface area contributed by atoms with Gasteiger partial charge in [-0.1, -0.05) is 170 Å². The van der Waals surface area contributed by atoms with E-state index in [4.69, 9.17) is 17.6 Å². The Labute approximate surface area is 435 Å². The van der Waals surface area contributed by atoms with E-state index in [2.05, 4.69) is 174 Å². The van der Waals surface area contributed by atoms with Crippen LogP contribution in [0.15, 0.2) is 241 Å². The van der Waals surface area contributed by atoms with Crippen molar-refractivity contribution < 1.29 is 12.6 Å². The Morgan fingerprint density at radius 2 is 0.849 bits per heavy atom. The van der Waals surface area contributed by atoms with E-state index >= 15 is 0 Å². The van der Waals surface area contributed by atoms with E-state index in [1.165, 1.54) is 28.5 Å². The zero-order valence-electron chi connectivity index (χ0n) is 46.1. The van der Waals surface area contributed by atoms with Gasteiger partial charge in [0.25, 0.3) is 0 Å². The number of benzene rings is 8. The van der Waals surface area contributed by atoms with Crippen LogP contribution in [0.4, 0.5) is 0 Å². The van der Waals surface area contributed by atoms with Gasteiger partial charge in [0.2, 0.25) is 0 Å². The van der Waals surface area contributed by atoms with Gasteiger partial charge in [0.05, 0.1) is 17.1 Å². The lowest BCUT2D eigenvalue weighted by atomic mass is 9.90. The Morgan fingerprint density at radius 1 is 0.329 bits per heavy atom. The lowest BCUT2D eigenvalue weighted by Crippen LogP contribution is -1.98. The lowest BCUT2D eigenvalue weighted by molar-refractivity contribution is 0.669. The van der Waals surface area contributed by atoms with Crippen LogP contribution in [0.2, 0.25) is 0 Å². The fraction of sp³-hybridized carbons (Fsp3) is 0.0870. The molecule has 0 N–H and O–H groups in total. The van der Waals surface area contributed by atoms with Gasteiger partial charge in [0.1, 0.15) is 11.2 Å². The van der Waals surface area contributed by atoms with E-state index in [-0.39, 0.29) is 11.1 Å². The number of pyridine rings is 3. The molecule has 4 aromatic heterocycles. The topological polar surface area (TPSA) is 51.8 Å². The number of fused-ring (bicyclic) bond motifs is 3. The van der Waals surface area contributed by atoms with Crippen molar-refractivity contribution in [2.24, 2.45) is 0 Å². The first-order valence-corrected chi connectivity index (χ1v) is 24.8. The van der Waals surface area contributed by atoms with Crippen molar-refractivity contribution in [1.29, 1.82) is 0 Å². The maximum atomic E-state index is 7.87. The number of hydrogen-bond donors (Lipinski definition) is 0. The summed E-state index contributed by atoms with van der Waals surface area (Å²) >= 11 is 0. The Kier molecular flexibility index (Phi) is 10.6. The van der Waals surface area contributed by atoms with Gasteiger partial charge in [-0.3, -0.25) is 15.0 Å². The van der Waals surface area contributed by atoms with E-state index in [1.807, 2.05) is 36.5 Å². The maximum Gasteiger partial charge on any atom is 0.136 e. The number of rotatable bonds is 13. The minimum Gasteiger partial charge on any atom is -0.456 e. The fourth-order valence-corrected chi connectivity index (χ4v) is 9.96. The molecule has 350 valence electrons. The average molecular weight is 946 g/mol. The number of nitrogens with zero attached hydrogens (tertiary/aromatic N) is 3. The molecule has 0 spiro atoms. The van der Waals surface area contributed by atoms with Crippen molar-refractivity contribution in [3.63, 3.8) is 0 Å². The first-order chi connectivity index (χ1) is 38.3. The van der Waals surface area contributed by atoms with E-state index in [0.717, 1.165) is 120 Å². The van der Waals surface area contributed by atoms with Crippen LogP contribution in [0, 0.1) is 13.7 Å².